The molecular formula is C11H14BrNO3S. The Kier molecular flexibility index (Phi) is 4.70. The number of amides is 1. The van der Waals surface area contributed by atoms with E-state index in [4.69, 9.17) is 0 Å². The molecular weight excluding hydrogens is 306 g/mol. The van der Waals surface area contributed by atoms with Crippen molar-refractivity contribution in [1.29, 1.82) is 0 Å². The largest absolute Gasteiger partial charge is 0.349 e. The summed E-state index contributed by atoms with van der Waals surface area (Å²) in [5.74, 6) is -0.330. The number of benzene rings is 1. The number of rotatable bonds is 4. The molecule has 6 heteroatoms. The molecule has 1 aromatic rings. The highest BCUT2D eigenvalue weighted by Crippen LogP contribution is 2.10. The van der Waals surface area contributed by atoms with Gasteiger partial charge in [0.25, 0.3) is 5.91 Å². The van der Waals surface area contributed by atoms with Crippen molar-refractivity contribution in [3.8, 4) is 0 Å². The summed E-state index contributed by atoms with van der Waals surface area (Å²) in [6.07, 6.45) is 1.15. The number of sulfone groups is 1. The molecule has 1 rings (SSSR count). The Balaban J connectivity index is 2.63. The monoisotopic (exact) mass is 319 g/mol. The van der Waals surface area contributed by atoms with Crippen LogP contribution in [0.25, 0.3) is 0 Å². The molecule has 0 fully saturated rings. The highest BCUT2D eigenvalue weighted by molar-refractivity contribution is 9.10. The van der Waals surface area contributed by atoms with Crippen molar-refractivity contribution in [2.75, 3.05) is 12.0 Å². The van der Waals surface area contributed by atoms with Gasteiger partial charge in [-0.05, 0) is 31.2 Å². The second kappa shape index (κ2) is 5.64. The van der Waals surface area contributed by atoms with Crippen LogP contribution in [-0.2, 0) is 9.84 Å². The van der Waals surface area contributed by atoms with Crippen LogP contribution in [0.2, 0.25) is 0 Å². The Morgan fingerprint density at radius 3 is 2.35 bits per heavy atom. The second-order valence-electron chi connectivity index (χ2n) is 3.97. The van der Waals surface area contributed by atoms with Gasteiger partial charge in [0.1, 0.15) is 9.84 Å². The van der Waals surface area contributed by atoms with Gasteiger partial charge in [-0.1, -0.05) is 15.9 Å². The summed E-state index contributed by atoms with van der Waals surface area (Å²) in [6, 6.07) is 6.46. The summed E-state index contributed by atoms with van der Waals surface area (Å²) < 4.78 is 23.0. The second-order valence-corrected chi connectivity index (χ2v) is 7.07. The fourth-order valence-corrected chi connectivity index (χ4v) is 2.66. The van der Waals surface area contributed by atoms with Gasteiger partial charge in [0.2, 0.25) is 0 Å². The first kappa shape index (κ1) is 14.2. The van der Waals surface area contributed by atoms with E-state index in [1.165, 1.54) is 0 Å². The molecule has 0 aliphatic carbocycles. The molecule has 1 unspecified atom stereocenters. The minimum absolute atomic E-state index is 0.0602. The van der Waals surface area contributed by atoms with E-state index in [9.17, 15) is 13.2 Å². The smallest absolute Gasteiger partial charge is 0.251 e. The van der Waals surface area contributed by atoms with Gasteiger partial charge in [-0.3, -0.25) is 4.79 Å². The van der Waals surface area contributed by atoms with Crippen molar-refractivity contribution in [1.82, 2.24) is 5.32 Å². The number of nitrogens with one attached hydrogen (secondary N) is 1. The summed E-state index contributed by atoms with van der Waals surface area (Å²) >= 11 is 3.27. The van der Waals surface area contributed by atoms with Crippen molar-refractivity contribution >= 4 is 31.7 Å². The third-order valence-corrected chi connectivity index (χ3v) is 3.67. The first-order valence-electron chi connectivity index (χ1n) is 5.02. The highest BCUT2D eigenvalue weighted by Gasteiger charge is 2.14. The van der Waals surface area contributed by atoms with Crippen molar-refractivity contribution in [2.45, 2.75) is 13.0 Å². The molecule has 0 saturated heterocycles. The average molecular weight is 320 g/mol. The number of carbonyl (C=O) groups is 1. The minimum Gasteiger partial charge on any atom is -0.349 e. The predicted molar refractivity (Wildman–Crippen MR) is 70.8 cm³/mol. The maximum Gasteiger partial charge on any atom is 0.251 e. The zero-order valence-electron chi connectivity index (χ0n) is 9.60. The van der Waals surface area contributed by atoms with Crippen LogP contribution in [0, 0.1) is 0 Å². The van der Waals surface area contributed by atoms with Gasteiger partial charge < -0.3 is 5.32 Å². The van der Waals surface area contributed by atoms with Crippen molar-refractivity contribution in [2.24, 2.45) is 0 Å². The topological polar surface area (TPSA) is 63.2 Å². The zero-order chi connectivity index (χ0) is 13.1. The van der Waals surface area contributed by atoms with Gasteiger partial charge in [-0.15, -0.1) is 0 Å². The lowest BCUT2D eigenvalue weighted by Gasteiger charge is -2.12. The summed E-state index contributed by atoms with van der Waals surface area (Å²) in [6.45, 7) is 1.66. The lowest BCUT2D eigenvalue weighted by atomic mass is 10.2. The molecule has 0 heterocycles. The molecule has 1 atom stereocenters. The van der Waals surface area contributed by atoms with Crippen LogP contribution in [-0.4, -0.2) is 32.4 Å². The van der Waals surface area contributed by atoms with Crippen LogP contribution in [0.5, 0.6) is 0 Å². The highest BCUT2D eigenvalue weighted by atomic mass is 79.9. The predicted octanol–water partition coefficient (Wildman–Crippen LogP) is 1.61. The minimum atomic E-state index is -3.08. The van der Waals surface area contributed by atoms with Gasteiger partial charge in [0.05, 0.1) is 5.75 Å². The van der Waals surface area contributed by atoms with Crippen LogP contribution in [0.4, 0.5) is 0 Å². The molecule has 0 saturated carbocycles. The Labute approximate surface area is 109 Å². The van der Waals surface area contributed by atoms with E-state index in [1.54, 1.807) is 31.2 Å². The van der Waals surface area contributed by atoms with Crippen molar-refractivity contribution in [3.05, 3.63) is 34.3 Å². The standard InChI is InChI=1S/C11H14BrNO3S/c1-8(7-17(2,15)16)13-11(14)9-3-5-10(12)6-4-9/h3-6,8H,7H2,1-2H3,(H,13,14). The summed E-state index contributed by atoms with van der Waals surface area (Å²) in [7, 11) is -3.08. The summed E-state index contributed by atoms with van der Waals surface area (Å²) in [5.41, 5.74) is 0.508. The van der Waals surface area contributed by atoms with E-state index >= 15 is 0 Å². The molecule has 1 amide bonds. The van der Waals surface area contributed by atoms with Crippen LogP contribution < -0.4 is 5.32 Å². The molecule has 1 aromatic carbocycles. The van der Waals surface area contributed by atoms with E-state index in [0.717, 1.165) is 10.7 Å². The third kappa shape index (κ3) is 5.32. The van der Waals surface area contributed by atoms with Gasteiger partial charge in [0.15, 0.2) is 0 Å². The Morgan fingerprint density at radius 1 is 1.35 bits per heavy atom. The van der Waals surface area contributed by atoms with Crippen LogP contribution in [0.15, 0.2) is 28.7 Å². The molecule has 0 bridgehead atoms. The first-order chi connectivity index (χ1) is 7.78. The van der Waals surface area contributed by atoms with Gasteiger partial charge >= 0.3 is 0 Å². The Hall–Kier alpha value is -0.880. The van der Waals surface area contributed by atoms with Gasteiger partial charge in [-0.25, -0.2) is 8.42 Å². The molecule has 0 aromatic heterocycles. The fourth-order valence-electron chi connectivity index (χ4n) is 1.40. The SMILES string of the molecule is CC(CS(C)(=O)=O)NC(=O)c1ccc(Br)cc1. The quantitative estimate of drug-likeness (QED) is 0.917. The maximum absolute atomic E-state index is 11.7. The molecule has 0 aliphatic heterocycles. The fraction of sp³-hybridized carbons (Fsp3) is 0.364. The van der Waals surface area contributed by atoms with Gasteiger partial charge in [0, 0.05) is 22.3 Å². The molecule has 17 heavy (non-hydrogen) atoms. The number of hydrogen-bond donors (Lipinski definition) is 1. The van der Waals surface area contributed by atoms with Crippen molar-refractivity contribution < 1.29 is 13.2 Å². The molecule has 4 nitrogen and oxygen atoms in total. The molecule has 0 aliphatic rings. The Bertz CT molecular complexity index is 496. The summed E-state index contributed by atoms with van der Waals surface area (Å²) in [4.78, 5) is 11.7. The molecule has 94 valence electrons. The molecule has 1 N–H and O–H groups in total. The summed E-state index contributed by atoms with van der Waals surface area (Å²) in [5, 5.41) is 2.64. The molecule has 0 radical (unpaired) electrons. The van der Waals surface area contributed by atoms with Crippen LogP contribution in [0.1, 0.15) is 17.3 Å². The lowest BCUT2D eigenvalue weighted by Crippen LogP contribution is -2.37. The zero-order valence-corrected chi connectivity index (χ0v) is 12.0. The van der Waals surface area contributed by atoms with Crippen LogP contribution in [0.3, 0.4) is 0 Å². The first-order valence-corrected chi connectivity index (χ1v) is 7.87. The number of halogens is 1. The Morgan fingerprint density at radius 2 is 1.88 bits per heavy atom. The van der Waals surface area contributed by atoms with E-state index in [2.05, 4.69) is 21.2 Å². The van der Waals surface area contributed by atoms with E-state index in [1.807, 2.05) is 0 Å². The van der Waals surface area contributed by atoms with Crippen molar-refractivity contribution in [3.63, 3.8) is 0 Å². The number of carbonyl (C=O) groups excluding carboxylic acids is 1. The number of hydrogen-bond acceptors (Lipinski definition) is 3. The van der Waals surface area contributed by atoms with Gasteiger partial charge in [-0.2, -0.15) is 0 Å². The maximum atomic E-state index is 11.7. The average Bonchev–Trinajstić information content (AvgIpc) is 2.15. The lowest BCUT2D eigenvalue weighted by molar-refractivity contribution is 0.0943. The van der Waals surface area contributed by atoms with E-state index in [-0.39, 0.29) is 11.7 Å². The van der Waals surface area contributed by atoms with E-state index < -0.39 is 15.9 Å². The van der Waals surface area contributed by atoms with E-state index in [0.29, 0.717) is 5.56 Å². The van der Waals surface area contributed by atoms with Crippen LogP contribution >= 0.6 is 15.9 Å². The normalized spacial score (nSPS) is 13.1. The third-order valence-electron chi connectivity index (χ3n) is 2.04. The molecule has 0 spiro atoms.